The van der Waals surface area contributed by atoms with Crippen molar-refractivity contribution in [3.63, 3.8) is 0 Å². The van der Waals surface area contributed by atoms with Crippen LogP contribution in [0.15, 0.2) is 30.3 Å². The van der Waals surface area contributed by atoms with Gasteiger partial charge in [0.1, 0.15) is 24.4 Å². The summed E-state index contributed by atoms with van der Waals surface area (Å²) in [5.41, 5.74) is 0.969. The van der Waals surface area contributed by atoms with Crippen molar-refractivity contribution < 1.29 is 28.4 Å². The fraction of sp³-hybridized carbons (Fsp3) is 0.625. The van der Waals surface area contributed by atoms with Crippen LogP contribution in [0.4, 0.5) is 0 Å². The van der Waals surface area contributed by atoms with E-state index in [0.29, 0.717) is 6.61 Å². The molecule has 1 aromatic rings. The predicted molar refractivity (Wildman–Crippen MR) is 77.3 cm³/mol. The zero-order valence-corrected chi connectivity index (χ0v) is 13.0. The minimum absolute atomic E-state index is 0.262. The van der Waals surface area contributed by atoms with Gasteiger partial charge in [-0.2, -0.15) is 0 Å². The smallest absolute Gasteiger partial charge is 0.186 e. The number of methoxy groups -OCH3 is 3. The van der Waals surface area contributed by atoms with Crippen LogP contribution in [0.3, 0.4) is 0 Å². The standard InChI is InChI=1S/C16H22O6/c1-17-9-11-12-13(14(18-2)16(19-3)20-11)22-15(21-12)10-7-5-4-6-8-10/h4-8,11-16H,9H2,1-3H3/t11-,12+,13+,14-,15+,16+/m1/s1. The molecule has 2 heterocycles. The lowest BCUT2D eigenvalue weighted by Crippen LogP contribution is -2.58. The molecule has 0 aliphatic carbocycles. The molecule has 0 saturated carbocycles. The SMILES string of the molecule is COC[C@H]1O[C@H](OC)[C@H](OC)[C@H]2O[C@@H](c3ccccc3)O[C@H]21. The van der Waals surface area contributed by atoms with Gasteiger partial charge >= 0.3 is 0 Å². The monoisotopic (exact) mass is 310 g/mol. The van der Waals surface area contributed by atoms with Gasteiger partial charge in [-0.15, -0.1) is 0 Å². The van der Waals surface area contributed by atoms with Gasteiger partial charge in [0.05, 0.1) is 6.61 Å². The summed E-state index contributed by atoms with van der Waals surface area (Å²) in [4.78, 5) is 0. The first-order chi connectivity index (χ1) is 10.8. The molecule has 0 spiro atoms. The highest BCUT2D eigenvalue weighted by molar-refractivity contribution is 5.17. The van der Waals surface area contributed by atoms with Crippen LogP contribution < -0.4 is 0 Å². The van der Waals surface area contributed by atoms with Gasteiger partial charge in [0.25, 0.3) is 0 Å². The molecule has 0 amide bonds. The number of benzene rings is 1. The number of fused-ring (bicyclic) bond motifs is 1. The minimum atomic E-state index is -0.510. The van der Waals surface area contributed by atoms with Crippen LogP contribution in [-0.4, -0.2) is 58.6 Å². The van der Waals surface area contributed by atoms with Crippen molar-refractivity contribution >= 4 is 0 Å². The molecule has 6 nitrogen and oxygen atoms in total. The molecule has 2 aliphatic rings. The molecular weight excluding hydrogens is 288 g/mol. The molecular formula is C16H22O6. The molecule has 3 rings (SSSR count). The summed E-state index contributed by atoms with van der Waals surface area (Å²) in [6, 6.07) is 9.83. The van der Waals surface area contributed by atoms with Crippen molar-refractivity contribution in [2.75, 3.05) is 27.9 Å². The average Bonchev–Trinajstić information content (AvgIpc) is 3.01. The lowest BCUT2D eigenvalue weighted by Gasteiger charge is -2.40. The van der Waals surface area contributed by atoms with E-state index in [0.717, 1.165) is 5.56 Å². The molecule has 0 bridgehead atoms. The van der Waals surface area contributed by atoms with Crippen molar-refractivity contribution in [1.29, 1.82) is 0 Å². The second-order valence-electron chi connectivity index (χ2n) is 5.38. The Morgan fingerprint density at radius 3 is 2.27 bits per heavy atom. The van der Waals surface area contributed by atoms with Gasteiger partial charge in [-0.05, 0) is 0 Å². The summed E-state index contributed by atoms with van der Waals surface area (Å²) >= 11 is 0. The number of hydrogen-bond acceptors (Lipinski definition) is 6. The molecule has 0 N–H and O–H groups in total. The third-order valence-corrected chi connectivity index (χ3v) is 4.06. The molecule has 2 fully saturated rings. The van der Waals surface area contributed by atoms with Gasteiger partial charge in [0.15, 0.2) is 12.6 Å². The second kappa shape index (κ2) is 7.04. The Hall–Kier alpha value is -1.02. The van der Waals surface area contributed by atoms with E-state index in [2.05, 4.69) is 0 Å². The molecule has 0 radical (unpaired) electrons. The Morgan fingerprint density at radius 2 is 1.64 bits per heavy atom. The maximum absolute atomic E-state index is 6.10. The fourth-order valence-corrected chi connectivity index (χ4v) is 3.02. The van der Waals surface area contributed by atoms with Gasteiger partial charge in [-0.25, -0.2) is 0 Å². The van der Waals surface area contributed by atoms with Gasteiger partial charge in [0, 0.05) is 26.9 Å². The van der Waals surface area contributed by atoms with Crippen molar-refractivity contribution in [3.8, 4) is 0 Å². The normalized spacial score (nSPS) is 38.0. The molecule has 6 atom stereocenters. The van der Waals surface area contributed by atoms with Crippen LogP contribution in [-0.2, 0) is 28.4 Å². The largest absolute Gasteiger partial charge is 0.382 e. The van der Waals surface area contributed by atoms with Crippen LogP contribution >= 0.6 is 0 Å². The number of ether oxygens (including phenoxy) is 6. The van der Waals surface area contributed by atoms with E-state index in [-0.39, 0.29) is 24.4 Å². The summed E-state index contributed by atoms with van der Waals surface area (Å²) in [6.07, 6.45) is -2.09. The van der Waals surface area contributed by atoms with Crippen LogP contribution in [0.5, 0.6) is 0 Å². The topological polar surface area (TPSA) is 55.4 Å². The van der Waals surface area contributed by atoms with Gasteiger partial charge in [-0.3, -0.25) is 0 Å². The molecule has 6 heteroatoms. The van der Waals surface area contributed by atoms with Crippen molar-refractivity contribution in [1.82, 2.24) is 0 Å². The highest BCUT2D eigenvalue weighted by Gasteiger charge is 2.53. The van der Waals surface area contributed by atoms with Gasteiger partial charge in [-0.1, -0.05) is 30.3 Å². The molecule has 122 valence electrons. The predicted octanol–water partition coefficient (Wildman–Crippen LogP) is 1.50. The van der Waals surface area contributed by atoms with Gasteiger partial charge in [0.2, 0.25) is 0 Å². The van der Waals surface area contributed by atoms with E-state index in [4.69, 9.17) is 28.4 Å². The second-order valence-corrected chi connectivity index (χ2v) is 5.38. The molecule has 22 heavy (non-hydrogen) atoms. The number of rotatable bonds is 5. The van der Waals surface area contributed by atoms with Gasteiger partial charge < -0.3 is 28.4 Å². The Balaban J connectivity index is 1.82. The third kappa shape index (κ3) is 2.90. The zero-order valence-electron chi connectivity index (χ0n) is 13.0. The highest BCUT2D eigenvalue weighted by atomic mass is 16.8. The minimum Gasteiger partial charge on any atom is -0.382 e. The van der Waals surface area contributed by atoms with E-state index >= 15 is 0 Å². The molecule has 0 aromatic heterocycles. The molecule has 2 aliphatic heterocycles. The van der Waals surface area contributed by atoms with E-state index in [1.165, 1.54) is 0 Å². The molecule has 0 unspecified atom stereocenters. The van der Waals surface area contributed by atoms with Crippen molar-refractivity contribution in [2.24, 2.45) is 0 Å². The average molecular weight is 310 g/mol. The molecule has 1 aromatic carbocycles. The van der Waals surface area contributed by atoms with Crippen molar-refractivity contribution in [3.05, 3.63) is 35.9 Å². The lowest BCUT2D eigenvalue weighted by molar-refractivity contribution is -0.280. The Kier molecular flexibility index (Phi) is 5.07. The van der Waals surface area contributed by atoms with Crippen molar-refractivity contribution in [2.45, 2.75) is 37.0 Å². The van der Waals surface area contributed by atoms with E-state index < -0.39 is 12.6 Å². The molecule has 2 saturated heterocycles. The first-order valence-electron chi connectivity index (χ1n) is 7.34. The van der Waals surface area contributed by atoms with E-state index in [1.807, 2.05) is 30.3 Å². The third-order valence-electron chi connectivity index (χ3n) is 4.06. The zero-order chi connectivity index (χ0) is 15.5. The van der Waals surface area contributed by atoms with E-state index in [9.17, 15) is 0 Å². The van der Waals surface area contributed by atoms with Crippen LogP contribution in [0.2, 0.25) is 0 Å². The Morgan fingerprint density at radius 1 is 0.909 bits per heavy atom. The van der Waals surface area contributed by atoms with E-state index in [1.54, 1.807) is 21.3 Å². The summed E-state index contributed by atoms with van der Waals surface area (Å²) in [5, 5.41) is 0. The fourth-order valence-electron chi connectivity index (χ4n) is 3.02. The lowest BCUT2D eigenvalue weighted by atomic mass is 9.99. The quantitative estimate of drug-likeness (QED) is 0.821. The number of hydrogen-bond donors (Lipinski definition) is 0. The summed E-state index contributed by atoms with van der Waals surface area (Å²) in [7, 11) is 4.84. The highest BCUT2D eigenvalue weighted by Crippen LogP contribution is 2.40. The van der Waals surface area contributed by atoms with Crippen LogP contribution in [0, 0.1) is 0 Å². The van der Waals surface area contributed by atoms with Crippen LogP contribution in [0.25, 0.3) is 0 Å². The Labute approximate surface area is 130 Å². The van der Waals surface area contributed by atoms with Crippen LogP contribution in [0.1, 0.15) is 11.9 Å². The maximum Gasteiger partial charge on any atom is 0.186 e. The first kappa shape index (κ1) is 15.9. The summed E-state index contributed by atoms with van der Waals surface area (Å²) in [5.74, 6) is 0. The Bertz CT molecular complexity index is 467. The summed E-state index contributed by atoms with van der Waals surface area (Å²) < 4.78 is 34.2. The maximum atomic E-state index is 6.10. The first-order valence-corrected chi connectivity index (χ1v) is 7.34. The summed E-state index contributed by atoms with van der Waals surface area (Å²) in [6.45, 7) is 0.405.